The summed E-state index contributed by atoms with van der Waals surface area (Å²) in [5, 5.41) is 3.46. The van der Waals surface area contributed by atoms with Gasteiger partial charge in [0.2, 0.25) is 10.0 Å². The van der Waals surface area contributed by atoms with Crippen molar-refractivity contribution in [3.05, 3.63) is 12.2 Å². The van der Waals surface area contributed by atoms with E-state index in [4.69, 9.17) is 5.73 Å². The van der Waals surface area contributed by atoms with Gasteiger partial charge in [-0.05, 0) is 6.92 Å². The van der Waals surface area contributed by atoms with Crippen LogP contribution in [0.4, 0.5) is 0 Å². The third kappa shape index (κ3) is 3.54. The SMILES string of the molecule is CC(CN)S(=O)(=O)NCCc1ncn(C)n1. The first-order chi connectivity index (χ1) is 7.45. The molecule has 1 atom stereocenters. The van der Waals surface area contributed by atoms with Crippen LogP contribution in [0, 0.1) is 0 Å². The van der Waals surface area contributed by atoms with Gasteiger partial charge in [0.1, 0.15) is 6.33 Å². The highest BCUT2D eigenvalue weighted by Gasteiger charge is 2.18. The predicted octanol–water partition coefficient (Wildman–Crippen LogP) is -1.38. The summed E-state index contributed by atoms with van der Waals surface area (Å²) < 4.78 is 27.1. The van der Waals surface area contributed by atoms with E-state index in [9.17, 15) is 8.42 Å². The fraction of sp³-hybridized carbons (Fsp3) is 0.750. The van der Waals surface area contributed by atoms with E-state index >= 15 is 0 Å². The third-order valence-electron chi connectivity index (χ3n) is 2.16. The van der Waals surface area contributed by atoms with Crippen molar-refractivity contribution in [1.29, 1.82) is 0 Å². The second kappa shape index (κ2) is 5.37. The Morgan fingerprint density at radius 3 is 2.81 bits per heavy atom. The molecule has 0 spiro atoms. The van der Waals surface area contributed by atoms with Gasteiger partial charge in [0.15, 0.2) is 5.82 Å². The lowest BCUT2D eigenvalue weighted by Gasteiger charge is -2.10. The molecular formula is C8H17N5O2S. The number of nitrogens with one attached hydrogen (secondary N) is 1. The minimum atomic E-state index is -3.31. The average Bonchev–Trinajstić information content (AvgIpc) is 2.62. The van der Waals surface area contributed by atoms with Crippen LogP contribution in [0.5, 0.6) is 0 Å². The zero-order valence-electron chi connectivity index (χ0n) is 9.42. The topological polar surface area (TPSA) is 103 Å². The number of rotatable bonds is 6. The van der Waals surface area contributed by atoms with Crippen LogP contribution in [0.15, 0.2) is 6.33 Å². The van der Waals surface area contributed by atoms with Gasteiger partial charge in [-0.15, -0.1) is 0 Å². The molecule has 92 valence electrons. The van der Waals surface area contributed by atoms with E-state index in [0.29, 0.717) is 12.2 Å². The molecule has 0 bridgehead atoms. The minimum Gasteiger partial charge on any atom is -0.329 e. The molecule has 8 heteroatoms. The monoisotopic (exact) mass is 247 g/mol. The summed E-state index contributed by atoms with van der Waals surface area (Å²) in [4.78, 5) is 3.99. The Hall–Kier alpha value is -0.990. The predicted molar refractivity (Wildman–Crippen MR) is 60.1 cm³/mol. The Morgan fingerprint density at radius 1 is 1.62 bits per heavy atom. The van der Waals surface area contributed by atoms with Gasteiger partial charge in [-0.2, -0.15) is 5.10 Å². The first-order valence-electron chi connectivity index (χ1n) is 4.98. The molecule has 0 aliphatic carbocycles. The Bertz CT molecular complexity index is 427. The molecule has 0 saturated carbocycles. The molecule has 1 unspecified atom stereocenters. The van der Waals surface area contributed by atoms with Gasteiger partial charge in [0.25, 0.3) is 0 Å². The number of nitrogens with two attached hydrogens (primary N) is 1. The summed E-state index contributed by atoms with van der Waals surface area (Å²) >= 11 is 0. The highest BCUT2D eigenvalue weighted by atomic mass is 32.2. The number of hydrogen-bond acceptors (Lipinski definition) is 5. The van der Waals surface area contributed by atoms with Crippen molar-refractivity contribution in [2.24, 2.45) is 12.8 Å². The van der Waals surface area contributed by atoms with E-state index < -0.39 is 15.3 Å². The van der Waals surface area contributed by atoms with Crippen LogP contribution in [0.3, 0.4) is 0 Å². The molecule has 0 saturated heterocycles. The van der Waals surface area contributed by atoms with Gasteiger partial charge in [0.05, 0.1) is 5.25 Å². The quantitative estimate of drug-likeness (QED) is 0.645. The number of aromatic nitrogens is 3. The lowest BCUT2D eigenvalue weighted by molar-refractivity contribution is 0.568. The molecule has 0 amide bonds. The van der Waals surface area contributed by atoms with Gasteiger partial charge in [-0.1, -0.05) is 0 Å². The highest BCUT2D eigenvalue weighted by Crippen LogP contribution is 1.96. The molecule has 1 rings (SSSR count). The average molecular weight is 247 g/mol. The molecular weight excluding hydrogens is 230 g/mol. The highest BCUT2D eigenvalue weighted by molar-refractivity contribution is 7.90. The lowest BCUT2D eigenvalue weighted by atomic mass is 10.4. The number of sulfonamides is 1. The number of hydrogen-bond donors (Lipinski definition) is 2. The van der Waals surface area contributed by atoms with E-state index in [1.165, 1.54) is 0 Å². The molecule has 1 aromatic rings. The summed E-state index contributed by atoms with van der Waals surface area (Å²) in [6.45, 7) is 1.97. The van der Waals surface area contributed by atoms with Crippen molar-refractivity contribution in [2.75, 3.05) is 13.1 Å². The van der Waals surface area contributed by atoms with Gasteiger partial charge < -0.3 is 5.73 Å². The third-order valence-corrected chi connectivity index (χ3v) is 4.02. The molecule has 16 heavy (non-hydrogen) atoms. The summed E-state index contributed by atoms with van der Waals surface area (Å²) in [5.74, 6) is 0.616. The summed E-state index contributed by atoms with van der Waals surface area (Å²) in [6, 6.07) is 0. The van der Waals surface area contributed by atoms with Crippen molar-refractivity contribution < 1.29 is 8.42 Å². The normalized spacial score (nSPS) is 13.9. The van der Waals surface area contributed by atoms with Gasteiger partial charge in [-0.3, -0.25) is 4.68 Å². The largest absolute Gasteiger partial charge is 0.329 e. The lowest BCUT2D eigenvalue weighted by Crippen LogP contribution is -2.38. The fourth-order valence-electron chi connectivity index (χ4n) is 1.07. The Labute approximate surface area is 95.1 Å². The summed E-state index contributed by atoms with van der Waals surface area (Å²) in [7, 11) is -1.55. The van der Waals surface area contributed by atoms with Gasteiger partial charge >= 0.3 is 0 Å². The first-order valence-corrected chi connectivity index (χ1v) is 6.53. The molecule has 7 nitrogen and oxygen atoms in total. The molecule has 0 aliphatic rings. The Balaban J connectivity index is 2.41. The Morgan fingerprint density at radius 2 is 2.31 bits per heavy atom. The van der Waals surface area contributed by atoms with Crippen LogP contribution in [0.25, 0.3) is 0 Å². The van der Waals surface area contributed by atoms with E-state index in [1.54, 1.807) is 25.0 Å². The molecule has 3 N–H and O–H groups in total. The van der Waals surface area contributed by atoms with E-state index in [-0.39, 0.29) is 13.1 Å². The second-order valence-corrected chi connectivity index (χ2v) is 5.75. The smallest absolute Gasteiger partial charge is 0.215 e. The summed E-state index contributed by atoms with van der Waals surface area (Å²) in [6.07, 6.45) is 2.05. The van der Waals surface area contributed by atoms with Crippen LogP contribution in [-0.4, -0.2) is 41.5 Å². The van der Waals surface area contributed by atoms with E-state index in [0.717, 1.165) is 0 Å². The van der Waals surface area contributed by atoms with Crippen LogP contribution in [-0.2, 0) is 23.5 Å². The standard InChI is InChI=1S/C8H17N5O2S/c1-7(5-9)16(14,15)11-4-3-8-10-6-13(2)12-8/h6-7,11H,3-5,9H2,1-2H3. The molecule has 0 radical (unpaired) electrons. The molecule has 1 aromatic heterocycles. The summed E-state index contributed by atoms with van der Waals surface area (Å²) in [5.41, 5.74) is 5.30. The maximum Gasteiger partial charge on any atom is 0.215 e. The van der Waals surface area contributed by atoms with Crippen molar-refractivity contribution in [3.63, 3.8) is 0 Å². The van der Waals surface area contributed by atoms with Gasteiger partial charge in [-0.25, -0.2) is 18.1 Å². The van der Waals surface area contributed by atoms with Crippen molar-refractivity contribution >= 4 is 10.0 Å². The zero-order chi connectivity index (χ0) is 12.2. The minimum absolute atomic E-state index is 0.108. The van der Waals surface area contributed by atoms with Crippen LogP contribution in [0.2, 0.25) is 0 Å². The van der Waals surface area contributed by atoms with Crippen LogP contribution in [0.1, 0.15) is 12.7 Å². The van der Waals surface area contributed by atoms with Crippen LogP contribution < -0.4 is 10.5 Å². The maximum atomic E-state index is 11.5. The number of nitrogens with zero attached hydrogens (tertiary/aromatic N) is 3. The van der Waals surface area contributed by atoms with E-state index in [2.05, 4.69) is 14.8 Å². The molecule has 0 aromatic carbocycles. The van der Waals surface area contributed by atoms with Crippen molar-refractivity contribution in [2.45, 2.75) is 18.6 Å². The number of aryl methyl sites for hydroxylation is 1. The first kappa shape index (κ1) is 13.1. The second-order valence-electron chi connectivity index (χ2n) is 3.57. The molecule has 0 aliphatic heterocycles. The van der Waals surface area contributed by atoms with Crippen molar-refractivity contribution in [1.82, 2.24) is 19.5 Å². The fourth-order valence-corrected chi connectivity index (χ4v) is 2.00. The molecule has 1 heterocycles. The maximum absolute atomic E-state index is 11.5. The van der Waals surface area contributed by atoms with Crippen LogP contribution >= 0.6 is 0 Å². The molecule has 0 fully saturated rings. The van der Waals surface area contributed by atoms with E-state index in [1.807, 2.05) is 0 Å². The van der Waals surface area contributed by atoms with Gasteiger partial charge in [0, 0.05) is 26.6 Å². The Kier molecular flexibility index (Phi) is 4.39. The van der Waals surface area contributed by atoms with Crippen molar-refractivity contribution in [3.8, 4) is 0 Å². The zero-order valence-corrected chi connectivity index (χ0v) is 10.2.